The second-order valence-electron chi connectivity index (χ2n) is 16.4. The number of nitriles is 1. The summed E-state index contributed by atoms with van der Waals surface area (Å²) in [6, 6.07) is 38.5. The number of tetrazole rings is 2. The Bertz CT molecular complexity index is 3070. The van der Waals surface area contributed by atoms with E-state index in [4.69, 9.17) is 30.5 Å². The molecule has 0 bridgehead atoms. The van der Waals surface area contributed by atoms with Crippen molar-refractivity contribution in [2.24, 2.45) is 16.7 Å². The third-order valence-corrected chi connectivity index (χ3v) is 11.7. The molecule has 2 aliphatic rings. The third kappa shape index (κ3) is 7.76. The molecule has 18 heteroatoms. The van der Waals surface area contributed by atoms with E-state index in [2.05, 4.69) is 41.8 Å². The molecular formula is C47H40N14O4. The number of ether oxygens (including phenoxy) is 2. The number of fused-ring (bicyclic) bond motifs is 4. The molecule has 4 N–H and O–H groups in total. The Kier molecular flexibility index (Phi) is 10.8. The average molecular weight is 865 g/mol. The zero-order chi connectivity index (χ0) is 45.3. The van der Waals surface area contributed by atoms with Crippen LogP contribution in [0.3, 0.4) is 0 Å². The van der Waals surface area contributed by atoms with Gasteiger partial charge in [-0.05, 0) is 69.4 Å². The Labute approximate surface area is 372 Å². The number of benzene rings is 4. The van der Waals surface area contributed by atoms with Crippen LogP contribution in [0.25, 0.3) is 33.9 Å². The Morgan fingerprint density at radius 1 is 0.600 bits per heavy atom. The minimum atomic E-state index is -0.916. The molecule has 0 spiro atoms. The summed E-state index contributed by atoms with van der Waals surface area (Å²) in [5.41, 5.74) is 8.98. The number of pyridine rings is 2. The van der Waals surface area contributed by atoms with Gasteiger partial charge in [0, 0.05) is 45.2 Å². The van der Waals surface area contributed by atoms with Crippen LogP contribution in [0.1, 0.15) is 61.8 Å². The quantitative estimate of drug-likeness (QED) is 0.0482. The molecular weight excluding hydrogens is 825 g/mol. The number of para-hydroxylation sites is 2. The minimum Gasteiger partial charge on any atom is -0.438 e. The summed E-state index contributed by atoms with van der Waals surface area (Å²) >= 11 is 0. The first-order chi connectivity index (χ1) is 31.5. The summed E-state index contributed by atoms with van der Waals surface area (Å²) in [7, 11) is 0. The fourth-order valence-corrected chi connectivity index (χ4v) is 8.34. The highest BCUT2D eigenvalue weighted by molar-refractivity contribution is 5.86. The van der Waals surface area contributed by atoms with E-state index < -0.39 is 10.8 Å². The van der Waals surface area contributed by atoms with Gasteiger partial charge < -0.3 is 9.47 Å². The van der Waals surface area contributed by atoms with E-state index in [1.165, 1.54) is 12.7 Å². The van der Waals surface area contributed by atoms with E-state index in [0.717, 1.165) is 56.1 Å². The maximum Gasteiger partial charge on any atom is 0.240 e. The predicted octanol–water partition coefficient (Wildman–Crippen LogP) is 6.56. The maximum atomic E-state index is 12.8. The van der Waals surface area contributed by atoms with Gasteiger partial charge in [0.2, 0.25) is 23.6 Å². The molecule has 2 atom stereocenters. The highest BCUT2D eigenvalue weighted by Gasteiger charge is 2.45. The molecule has 0 fully saturated rings. The molecule has 0 saturated heterocycles. The van der Waals surface area contributed by atoms with Gasteiger partial charge >= 0.3 is 0 Å². The summed E-state index contributed by atoms with van der Waals surface area (Å²) in [4.78, 5) is 35.0. The topological polar surface area (TPSA) is 239 Å². The van der Waals surface area contributed by atoms with Crippen LogP contribution < -0.4 is 26.1 Å². The monoisotopic (exact) mass is 864 g/mol. The van der Waals surface area contributed by atoms with Crippen LogP contribution in [-0.4, -0.2) is 62.2 Å². The number of hydrogen-bond donors (Lipinski definition) is 3. The molecule has 8 aromatic rings. The van der Waals surface area contributed by atoms with Crippen molar-refractivity contribution in [2.75, 3.05) is 0 Å². The largest absolute Gasteiger partial charge is 0.438 e. The van der Waals surface area contributed by atoms with Crippen LogP contribution in [0.15, 0.2) is 134 Å². The van der Waals surface area contributed by atoms with Gasteiger partial charge in [-0.25, -0.2) is 25.2 Å². The number of nitrogens with zero attached hydrogens (tertiary/aromatic N) is 11. The zero-order valence-corrected chi connectivity index (χ0v) is 35.5. The lowest BCUT2D eigenvalue weighted by Crippen LogP contribution is -2.45. The van der Waals surface area contributed by atoms with Gasteiger partial charge in [-0.3, -0.25) is 20.3 Å². The first kappa shape index (κ1) is 41.7. The molecule has 322 valence electrons. The number of aromatic nitrogens is 10. The number of nitrogens with one attached hydrogen (secondary N) is 2. The fraction of sp³-hybridized carbons (Fsp3) is 0.170. The molecule has 6 heterocycles. The molecule has 4 aromatic carbocycles. The number of rotatable bonds is 8. The normalized spacial score (nSPS) is 14.6. The smallest absolute Gasteiger partial charge is 0.240 e. The van der Waals surface area contributed by atoms with Crippen molar-refractivity contribution in [3.8, 4) is 63.3 Å². The Morgan fingerprint density at radius 3 is 1.43 bits per heavy atom. The van der Waals surface area contributed by atoms with Crippen molar-refractivity contribution in [3.05, 3.63) is 156 Å². The lowest BCUT2D eigenvalue weighted by Gasteiger charge is -2.37. The van der Waals surface area contributed by atoms with E-state index in [1.54, 1.807) is 15.6 Å². The van der Waals surface area contributed by atoms with Gasteiger partial charge in [-0.1, -0.05) is 100 Å². The van der Waals surface area contributed by atoms with Crippen molar-refractivity contribution in [3.63, 3.8) is 0 Å². The molecule has 0 radical (unpaired) electrons. The Hall–Kier alpha value is -8.69. The van der Waals surface area contributed by atoms with E-state index in [9.17, 15) is 9.59 Å². The number of hydrazine groups is 1. The van der Waals surface area contributed by atoms with Gasteiger partial charge in [0.05, 0.1) is 33.6 Å². The molecule has 0 saturated carbocycles. The maximum absolute atomic E-state index is 12.8. The minimum absolute atomic E-state index is 0.257. The predicted molar refractivity (Wildman–Crippen MR) is 235 cm³/mol. The number of hydrogen-bond acceptors (Lipinski definition) is 14. The van der Waals surface area contributed by atoms with Gasteiger partial charge in [-0.2, -0.15) is 5.26 Å². The van der Waals surface area contributed by atoms with Gasteiger partial charge in [0.25, 0.3) is 0 Å². The van der Waals surface area contributed by atoms with Gasteiger partial charge in [0.15, 0.2) is 6.19 Å². The summed E-state index contributed by atoms with van der Waals surface area (Å²) in [6.07, 6.45) is 4.81. The van der Waals surface area contributed by atoms with Crippen molar-refractivity contribution in [1.29, 1.82) is 5.26 Å². The number of carbonyl (C=O) groups is 2. The van der Waals surface area contributed by atoms with E-state index in [0.29, 0.717) is 23.3 Å². The van der Waals surface area contributed by atoms with Gasteiger partial charge in [0.1, 0.15) is 24.2 Å². The van der Waals surface area contributed by atoms with Crippen LogP contribution in [0.2, 0.25) is 0 Å². The Balaban J connectivity index is 0.000000164. The molecule has 65 heavy (non-hydrogen) atoms. The molecule has 10 rings (SSSR count). The summed E-state index contributed by atoms with van der Waals surface area (Å²) < 4.78 is 15.5. The van der Waals surface area contributed by atoms with Crippen molar-refractivity contribution in [1.82, 2.24) is 61.1 Å². The van der Waals surface area contributed by atoms with Crippen LogP contribution in [0.4, 0.5) is 0 Å². The molecule has 4 aromatic heterocycles. The number of nitrogens with two attached hydrogens (primary N) is 1. The molecule has 0 unspecified atom stereocenters. The summed E-state index contributed by atoms with van der Waals surface area (Å²) in [5.74, 6) is 6.52. The highest BCUT2D eigenvalue weighted by Crippen LogP contribution is 2.53. The molecule has 2 amide bonds. The van der Waals surface area contributed by atoms with E-state index in [1.807, 2.05) is 149 Å². The van der Waals surface area contributed by atoms with Crippen molar-refractivity contribution >= 4 is 11.8 Å². The number of carbonyl (C=O) groups excluding carboxylic acids is 2. The summed E-state index contributed by atoms with van der Waals surface area (Å²) in [6.45, 7) is 7.39. The average Bonchev–Trinajstić information content (AvgIpc) is 4.09. The van der Waals surface area contributed by atoms with Crippen molar-refractivity contribution in [2.45, 2.75) is 39.5 Å². The first-order valence-electron chi connectivity index (χ1n) is 20.4. The zero-order valence-electron chi connectivity index (χ0n) is 35.5. The second kappa shape index (κ2) is 16.9. The van der Waals surface area contributed by atoms with Crippen molar-refractivity contribution < 1.29 is 19.1 Å². The third-order valence-electron chi connectivity index (χ3n) is 11.7. The first-order valence-corrected chi connectivity index (χ1v) is 20.4. The van der Waals surface area contributed by atoms with E-state index >= 15 is 0 Å². The summed E-state index contributed by atoms with van der Waals surface area (Å²) in [5, 5.41) is 33.7. The van der Waals surface area contributed by atoms with Crippen LogP contribution in [0.5, 0.6) is 23.3 Å². The van der Waals surface area contributed by atoms with Crippen LogP contribution in [-0.2, 0) is 9.59 Å². The fourth-order valence-electron chi connectivity index (χ4n) is 8.34. The van der Waals surface area contributed by atoms with Crippen LogP contribution >= 0.6 is 0 Å². The SMILES string of the molecule is CC(C)(C(=O)NC#N)[C@H]1c2ccccc2Oc2nc(-c3ccc(-n4cnnn4)cc3)ccc21.CC(C)(C(=O)NN)[C@H]1c2ccccc2Oc2nc(-c3ccc(-n4cnnn4)cc3)ccc21. The molecule has 18 nitrogen and oxygen atoms in total. The standard InChI is InChI=1S/C24H19N7O2.C23H21N7O2/c1-24(2,23(32)26-13-25)21-17-5-3-4-6-20(17)33-22-18(21)11-12-19(28-22)15-7-9-16(10-8-15)31-14-27-29-30-31;1-23(2,22(31)27-24)20-16-5-3-4-6-19(16)32-21-17(20)11-12-18(26-21)14-7-9-15(10-8-14)30-13-25-28-29-30/h3-12,14,21H,1-2H3,(H,26,32);3-13,20H,24H2,1-2H3,(H,27,31)/t21-;20-/m00/s1. The molecule has 0 aliphatic carbocycles. The van der Waals surface area contributed by atoms with Crippen LogP contribution in [0, 0.1) is 22.3 Å². The lowest BCUT2D eigenvalue weighted by molar-refractivity contribution is -0.130. The van der Waals surface area contributed by atoms with Gasteiger partial charge in [-0.15, -0.1) is 10.2 Å². The Morgan fingerprint density at radius 2 is 1.03 bits per heavy atom. The van der Waals surface area contributed by atoms with E-state index in [-0.39, 0.29) is 23.7 Å². The highest BCUT2D eigenvalue weighted by atomic mass is 16.5. The lowest BCUT2D eigenvalue weighted by atomic mass is 9.69. The number of amides is 2. The second-order valence-corrected chi connectivity index (χ2v) is 16.4. The molecule has 2 aliphatic heterocycles.